The smallest absolute Gasteiger partial charge is 0.185 e. The maximum absolute atomic E-state index is 9.75. The zero-order chi connectivity index (χ0) is 14.0. The van der Waals surface area contributed by atoms with E-state index in [1.165, 1.54) is 11.3 Å². The number of aliphatic hydroxyl groups is 1. The molecule has 2 heterocycles. The fourth-order valence-corrected chi connectivity index (χ4v) is 3.61. The summed E-state index contributed by atoms with van der Waals surface area (Å²) in [5.74, 6) is 0.426. The van der Waals surface area contributed by atoms with Crippen LogP contribution in [0.2, 0.25) is 0 Å². The predicted octanol–water partition coefficient (Wildman–Crippen LogP) is 2.11. The Bertz CT molecular complexity index is 417. The molecule has 1 aliphatic heterocycles. The summed E-state index contributed by atoms with van der Waals surface area (Å²) in [6.45, 7) is 7.12. The molecule has 0 amide bonds. The van der Waals surface area contributed by atoms with E-state index in [2.05, 4.69) is 21.7 Å². The van der Waals surface area contributed by atoms with Crippen molar-refractivity contribution in [3.05, 3.63) is 10.6 Å². The van der Waals surface area contributed by atoms with Gasteiger partial charge in [0.1, 0.15) is 0 Å². The molecule has 2 rings (SSSR count). The van der Waals surface area contributed by atoms with Crippen molar-refractivity contribution in [3.63, 3.8) is 0 Å². The number of piperidine rings is 1. The highest BCUT2D eigenvalue weighted by molar-refractivity contribution is 7.15. The number of hydrogen-bond donors (Lipinski definition) is 1. The lowest BCUT2D eigenvalue weighted by molar-refractivity contribution is 0.0602. The van der Waals surface area contributed by atoms with Crippen LogP contribution in [-0.2, 0) is 6.54 Å². The van der Waals surface area contributed by atoms with Crippen molar-refractivity contribution in [1.82, 2.24) is 9.88 Å². The van der Waals surface area contributed by atoms with E-state index in [-0.39, 0.29) is 6.10 Å². The zero-order valence-corrected chi connectivity index (χ0v) is 13.2. The van der Waals surface area contributed by atoms with Crippen molar-refractivity contribution in [2.75, 3.05) is 32.1 Å². The molecule has 2 atom stereocenters. The van der Waals surface area contributed by atoms with Gasteiger partial charge in [-0.15, -0.1) is 11.3 Å². The molecule has 1 saturated heterocycles. The quantitative estimate of drug-likeness (QED) is 0.919. The highest BCUT2D eigenvalue weighted by Crippen LogP contribution is 2.28. The van der Waals surface area contributed by atoms with E-state index in [1.54, 1.807) is 11.3 Å². The third-order valence-corrected chi connectivity index (χ3v) is 5.17. The fraction of sp³-hybridized carbons (Fsp3) is 0.786. The van der Waals surface area contributed by atoms with E-state index >= 15 is 0 Å². The van der Waals surface area contributed by atoms with E-state index in [1.807, 2.05) is 21.0 Å². The highest BCUT2D eigenvalue weighted by atomic mass is 32.1. The number of nitrogens with zero attached hydrogens (tertiary/aromatic N) is 3. The zero-order valence-electron chi connectivity index (χ0n) is 12.4. The molecule has 1 aromatic rings. The standard InChI is InChI=1S/C14H25N3OS/c1-10-13(19-14(15-10)16(3)4)9-17-7-5-6-12(8-17)11(2)18/h11-12,18H,5-9H2,1-4H3. The van der Waals surface area contributed by atoms with Crippen molar-refractivity contribution < 1.29 is 5.11 Å². The summed E-state index contributed by atoms with van der Waals surface area (Å²) < 4.78 is 0. The molecule has 1 fully saturated rings. The van der Waals surface area contributed by atoms with E-state index in [0.717, 1.165) is 36.9 Å². The number of thiazole rings is 1. The molecular weight excluding hydrogens is 258 g/mol. The van der Waals surface area contributed by atoms with Crippen molar-refractivity contribution >= 4 is 16.5 Å². The third-order valence-electron chi connectivity index (χ3n) is 3.86. The molecule has 2 unspecified atom stereocenters. The highest BCUT2D eigenvalue weighted by Gasteiger charge is 2.24. The second kappa shape index (κ2) is 6.20. The Morgan fingerprint density at radius 1 is 1.53 bits per heavy atom. The van der Waals surface area contributed by atoms with Gasteiger partial charge in [0.15, 0.2) is 5.13 Å². The molecule has 5 heteroatoms. The van der Waals surface area contributed by atoms with Gasteiger partial charge in [-0.1, -0.05) is 0 Å². The van der Waals surface area contributed by atoms with Crippen LogP contribution in [-0.4, -0.2) is 48.3 Å². The van der Waals surface area contributed by atoms with Gasteiger partial charge in [-0.2, -0.15) is 0 Å². The van der Waals surface area contributed by atoms with Crippen LogP contribution in [0.5, 0.6) is 0 Å². The molecule has 1 N–H and O–H groups in total. The Labute approximate surface area is 120 Å². The second-order valence-corrected chi connectivity index (χ2v) is 6.84. The first-order chi connectivity index (χ1) is 8.97. The van der Waals surface area contributed by atoms with Gasteiger partial charge >= 0.3 is 0 Å². The molecule has 0 aliphatic carbocycles. The number of rotatable bonds is 4. The minimum Gasteiger partial charge on any atom is -0.393 e. The van der Waals surface area contributed by atoms with E-state index in [9.17, 15) is 5.11 Å². The minimum absolute atomic E-state index is 0.192. The van der Waals surface area contributed by atoms with Crippen LogP contribution in [0.15, 0.2) is 0 Å². The van der Waals surface area contributed by atoms with Gasteiger partial charge in [0.25, 0.3) is 0 Å². The monoisotopic (exact) mass is 283 g/mol. The lowest BCUT2D eigenvalue weighted by Crippen LogP contribution is -2.38. The molecule has 19 heavy (non-hydrogen) atoms. The number of likely N-dealkylation sites (tertiary alicyclic amines) is 1. The van der Waals surface area contributed by atoms with Gasteiger partial charge < -0.3 is 10.0 Å². The SMILES string of the molecule is Cc1nc(N(C)C)sc1CN1CCCC(C(C)O)C1. The Hall–Kier alpha value is -0.650. The topological polar surface area (TPSA) is 39.6 Å². The molecule has 0 radical (unpaired) electrons. The van der Waals surface area contributed by atoms with Gasteiger partial charge in [-0.05, 0) is 39.2 Å². The van der Waals surface area contributed by atoms with E-state index in [4.69, 9.17) is 0 Å². The summed E-state index contributed by atoms with van der Waals surface area (Å²) in [6, 6.07) is 0. The van der Waals surface area contributed by atoms with Crippen molar-refractivity contribution in [1.29, 1.82) is 0 Å². The molecule has 0 aromatic carbocycles. The van der Waals surface area contributed by atoms with Crippen molar-refractivity contribution in [3.8, 4) is 0 Å². The normalized spacial score (nSPS) is 22.5. The van der Waals surface area contributed by atoms with Crippen LogP contribution in [0.3, 0.4) is 0 Å². The van der Waals surface area contributed by atoms with Crippen LogP contribution in [0, 0.1) is 12.8 Å². The average Bonchev–Trinajstić information content (AvgIpc) is 2.71. The summed E-state index contributed by atoms with van der Waals surface area (Å²) >= 11 is 1.78. The summed E-state index contributed by atoms with van der Waals surface area (Å²) in [5.41, 5.74) is 1.15. The molecule has 1 aliphatic rings. The Morgan fingerprint density at radius 3 is 2.84 bits per heavy atom. The number of aromatic nitrogens is 1. The molecule has 108 valence electrons. The second-order valence-electron chi connectivity index (χ2n) is 5.78. The molecular formula is C14H25N3OS. The van der Waals surface area contributed by atoms with Crippen LogP contribution in [0.4, 0.5) is 5.13 Å². The van der Waals surface area contributed by atoms with Gasteiger partial charge in [0, 0.05) is 32.1 Å². The van der Waals surface area contributed by atoms with E-state index in [0.29, 0.717) is 5.92 Å². The lowest BCUT2D eigenvalue weighted by atomic mass is 9.93. The lowest BCUT2D eigenvalue weighted by Gasteiger charge is -2.33. The minimum atomic E-state index is -0.192. The number of aryl methyl sites for hydroxylation is 1. The maximum atomic E-state index is 9.75. The first-order valence-electron chi connectivity index (χ1n) is 7.01. The summed E-state index contributed by atoms with van der Waals surface area (Å²) in [5, 5.41) is 10.8. The Kier molecular flexibility index (Phi) is 4.81. The fourth-order valence-electron chi connectivity index (χ4n) is 2.58. The van der Waals surface area contributed by atoms with Gasteiger partial charge in [0.05, 0.1) is 11.8 Å². The number of hydrogen-bond acceptors (Lipinski definition) is 5. The van der Waals surface area contributed by atoms with Crippen molar-refractivity contribution in [2.24, 2.45) is 5.92 Å². The van der Waals surface area contributed by atoms with E-state index < -0.39 is 0 Å². The number of aliphatic hydroxyl groups excluding tert-OH is 1. The van der Waals surface area contributed by atoms with Crippen LogP contribution < -0.4 is 4.90 Å². The predicted molar refractivity (Wildman–Crippen MR) is 80.9 cm³/mol. The van der Waals surface area contributed by atoms with Crippen molar-refractivity contribution in [2.45, 2.75) is 39.3 Å². The molecule has 0 saturated carbocycles. The maximum Gasteiger partial charge on any atom is 0.185 e. The summed E-state index contributed by atoms with van der Waals surface area (Å²) in [6.07, 6.45) is 2.15. The Morgan fingerprint density at radius 2 is 2.26 bits per heavy atom. The van der Waals surface area contributed by atoms with Crippen LogP contribution in [0.1, 0.15) is 30.3 Å². The van der Waals surface area contributed by atoms with Gasteiger partial charge in [-0.3, -0.25) is 4.90 Å². The third kappa shape index (κ3) is 3.68. The first kappa shape index (κ1) is 14.8. The molecule has 1 aromatic heterocycles. The number of anilines is 1. The first-order valence-corrected chi connectivity index (χ1v) is 7.83. The Balaban J connectivity index is 2.00. The largest absolute Gasteiger partial charge is 0.393 e. The van der Waals surface area contributed by atoms with Gasteiger partial charge in [-0.25, -0.2) is 4.98 Å². The van der Waals surface area contributed by atoms with Crippen LogP contribution >= 0.6 is 11.3 Å². The molecule has 0 spiro atoms. The summed E-state index contributed by atoms with van der Waals surface area (Å²) in [4.78, 5) is 10.5. The van der Waals surface area contributed by atoms with Crippen LogP contribution in [0.25, 0.3) is 0 Å². The average molecular weight is 283 g/mol. The van der Waals surface area contributed by atoms with Gasteiger partial charge in [0.2, 0.25) is 0 Å². The summed E-state index contributed by atoms with van der Waals surface area (Å²) in [7, 11) is 4.07. The molecule has 4 nitrogen and oxygen atoms in total. The molecule has 0 bridgehead atoms.